The third-order valence-corrected chi connectivity index (χ3v) is 12.5. The van der Waals surface area contributed by atoms with E-state index < -0.39 is 143 Å². The van der Waals surface area contributed by atoms with E-state index in [0.29, 0.717) is 52.2 Å². The first kappa shape index (κ1) is 51.3. The number of nitrogens with zero attached hydrogens (tertiary/aromatic N) is 6. The zero-order chi connectivity index (χ0) is 48.0. The first-order chi connectivity index (χ1) is 28.6. The van der Waals surface area contributed by atoms with Gasteiger partial charge in [-0.05, 0) is 122 Å². The second-order valence-corrected chi connectivity index (χ2v) is 22.3. The van der Waals surface area contributed by atoms with Crippen LogP contribution >= 0.6 is 0 Å². The lowest BCUT2D eigenvalue weighted by Crippen LogP contribution is -2.63. The van der Waals surface area contributed by atoms with E-state index in [9.17, 15) is 43.2 Å². The Balaban J connectivity index is 1.72. The highest BCUT2D eigenvalue weighted by Gasteiger charge is 2.45. The van der Waals surface area contributed by atoms with Gasteiger partial charge in [0.05, 0.1) is 0 Å². The maximum Gasteiger partial charge on any atom is 0.336 e. The summed E-state index contributed by atoms with van der Waals surface area (Å²) in [6, 6.07) is -1.41. The molecule has 3 N–H and O–H groups in total. The minimum atomic E-state index is -1.09. The van der Waals surface area contributed by atoms with Crippen molar-refractivity contribution >= 4 is 35.4 Å². The molecule has 0 atom stereocenters. The number of imide groups is 3. The van der Waals surface area contributed by atoms with Crippen molar-refractivity contribution in [1.82, 2.24) is 44.4 Å². The number of hydrogen-bond acceptors (Lipinski definition) is 12. The van der Waals surface area contributed by atoms with Crippen molar-refractivity contribution < 1.29 is 28.8 Å². The summed E-state index contributed by atoms with van der Waals surface area (Å²) in [6.45, 7) is 26.1. The van der Waals surface area contributed by atoms with Crippen LogP contribution in [0.15, 0.2) is 14.4 Å². The molecule has 0 unspecified atom stereocenters. The molecule has 0 saturated carbocycles. The Bertz CT molecular complexity index is 1840. The summed E-state index contributed by atoms with van der Waals surface area (Å²) in [7, 11) is 0. The summed E-state index contributed by atoms with van der Waals surface area (Å²) in [5, 5.41) is 10.6. The average Bonchev–Trinajstić information content (AvgIpc) is 3.03. The molecule has 63 heavy (non-hydrogen) atoms. The van der Waals surface area contributed by atoms with Crippen molar-refractivity contribution in [3.8, 4) is 0 Å². The van der Waals surface area contributed by atoms with E-state index in [2.05, 4.69) is 16.0 Å². The summed E-state index contributed by atoms with van der Waals surface area (Å²) >= 11 is 0. The highest BCUT2D eigenvalue weighted by atomic mass is 16.2. The van der Waals surface area contributed by atoms with Crippen molar-refractivity contribution in [3.05, 3.63) is 31.5 Å². The van der Waals surface area contributed by atoms with Crippen LogP contribution < -0.4 is 33.0 Å². The van der Waals surface area contributed by atoms with Crippen LogP contribution in [0, 0.1) is 0 Å². The number of hydrogen-bond donors (Lipinski definition) is 3. The minimum Gasteiger partial charge on any atom is -0.307 e. The number of amides is 6. The molecule has 0 bridgehead atoms. The monoisotopic (exact) mass is 886 g/mol. The Hall–Kier alpha value is -4.29. The van der Waals surface area contributed by atoms with Crippen LogP contribution in [0.3, 0.4) is 0 Å². The van der Waals surface area contributed by atoms with Gasteiger partial charge < -0.3 is 16.0 Å². The van der Waals surface area contributed by atoms with Gasteiger partial charge in [0.1, 0.15) is 0 Å². The van der Waals surface area contributed by atoms with Gasteiger partial charge >= 0.3 is 17.1 Å². The highest BCUT2D eigenvalue weighted by molar-refractivity contribution is 5.96. The molecule has 0 radical (unpaired) electrons. The molecule has 1 aromatic rings. The third kappa shape index (κ3) is 12.7. The molecule has 6 amide bonds. The van der Waals surface area contributed by atoms with Crippen molar-refractivity contribution in [2.75, 3.05) is 0 Å². The minimum absolute atomic E-state index is 0.411. The van der Waals surface area contributed by atoms with Gasteiger partial charge in [-0.1, -0.05) is 0 Å². The zero-order valence-corrected chi connectivity index (χ0v) is 40.6. The van der Waals surface area contributed by atoms with E-state index in [0.717, 1.165) is 0 Å². The third-order valence-electron chi connectivity index (χ3n) is 12.5. The molecule has 1 aromatic heterocycles. The van der Waals surface area contributed by atoms with E-state index in [1.165, 1.54) is 35.5 Å². The van der Waals surface area contributed by atoms with E-state index in [4.69, 9.17) is 0 Å². The van der Waals surface area contributed by atoms with Crippen LogP contribution in [-0.2, 0) is 48.4 Å². The maximum absolute atomic E-state index is 14.2. The van der Waals surface area contributed by atoms with Gasteiger partial charge in [0.25, 0.3) is 0 Å². The average molecular weight is 886 g/mol. The number of carbonyl (C=O) groups is 6. The number of rotatable bonds is 12. The smallest absolute Gasteiger partial charge is 0.307 e. The summed E-state index contributed by atoms with van der Waals surface area (Å²) in [4.78, 5) is 127. The Morgan fingerprint density at radius 1 is 0.413 bits per heavy atom. The molecule has 3 saturated heterocycles. The zero-order valence-electron chi connectivity index (χ0n) is 40.6. The molecule has 0 spiro atoms. The van der Waals surface area contributed by atoms with Crippen molar-refractivity contribution in [2.24, 2.45) is 0 Å². The quantitative estimate of drug-likeness (QED) is 0.276. The van der Waals surface area contributed by atoms with Gasteiger partial charge in [-0.15, -0.1) is 0 Å². The number of carbonyl (C=O) groups excluding carboxylic acids is 6. The molecule has 3 fully saturated rings. The second-order valence-electron chi connectivity index (χ2n) is 22.3. The van der Waals surface area contributed by atoms with Crippen LogP contribution in [0.25, 0.3) is 0 Å². The Kier molecular flexibility index (Phi) is 14.9. The van der Waals surface area contributed by atoms with Crippen LogP contribution in [-0.4, -0.2) is 115 Å². The number of aromatic nitrogens is 3. The largest absolute Gasteiger partial charge is 0.336 e. The van der Waals surface area contributed by atoms with Crippen molar-refractivity contribution in [3.63, 3.8) is 0 Å². The summed E-state index contributed by atoms with van der Waals surface area (Å²) in [5.41, 5.74) is -5.73. The predicted octanol–water partition coefficient (Wildman–Crippen LogP) is 2.39. The first-order valence-electron chi connectivity index (χ1n) is 22.4. The molecule has 0 aromatic carbocycles. The normalized spacial score (nSPS) is 21.6. The predicted molar refractivity (Wildman–Crippen MR) is 239 cm³/mol. The Labute approximate surface area is 371 Å². The lowest BCUT2D eigenvalue weighted by atomic mass is 9.79. The SMILES string of the molecule is CC(=O)N(C(=O)CCn1c(=O)n(CCC(=O)N(C(C)=O)C2CC(C)(C)NC(C)(C)C2)c(=O)n(CCC(=O)N(C(C)=O)C2CC(C)(C)NC(C)(C)C2)c1=O)C1CC(C)(C)NC(C)(C)C1. The maximum atomic E-state index is 14.2. The number of piperidine rings is 3. The Morgan fingerprint density at radius 3 is 0.746 bits per heavy atom. The van der Waals surface area contributed by atoms with Crippen LogP contribution in [0.5, 0.6) is 0 Å². The van der Waals surface area contributed by atoms with Gasteiger partial charge in [0, 0.05) is 111 Å². The topological polar surface area (TPSA) is 214 Å². The van der Waals surface area contributed by atoms with Crippen molar-refractivity contribution in [1.29, 1.82) is 0 Å². The molecule has 4 heterocycles. The molecular formula is C45H75N9O9. The molecule has 18 heteroatoms. The summed E-state index contributed by atoms with van der Waals surface area (Å²) in [5.74, 6) is -3.31. The van der Waals surface area contributed by atoms with Crippen molar-refractivity contribution in [2.45, 2.75) is 233 Å². The van der Waals surface area contributed by atoms with E-state index >= 15 is 0 Å². The van der Waals surface area contributed by atoms with Crippen LogP contribution in [0.2, 0.25) is 0 Å². The first-order valence-corrected chi connectivity index (χ1v) is 22.4. The molecule has 0 aliphatic carbocycles. The lowest BCUT2D eigenvalue weighted by Gasteiger charge is -2.49. The van der Waals surface area contributed by atoms with E-state index in [-0.39, 0.29) is 0 Å². The lowest BCUT2D eigenvalue weighted by molar-refractivity contribution is -0.150. The fourth-order valence-electron chi connectivity index (χ4n) is 11.5. The summed E-state index contributed by atoms with van der Waals surface area (Å²) in [6.07, 6.45) is 1.45. The molecular weight excluding hydrogens is 811 g/mol. The van der Waals surface area contributed by atoms with Crippen LogP contribution in [0.4, 0.5) is 0 Å². The molecule has 3 aliphatic rings. The second kappa shape index (κ2) is 18.3. The van der Waals surface area contributed by atoms with Crippen LogP contribution in [0.1, 0.15) is 162 Å². The molecule has 4 rings (SSSR count). The fourth-order valence-corrected chi connectivity index (χ4v) is 11.5. The standard InChI is InChI=1S/C45H75N9O9/c1-28(55)52(31-22-40(4,5)46-41(6,7)23-31)34(58)16-19-49-37(61)50(20-17-35(59)53(29(2)56)32-24-42(8,9)47-43(10,11)25-32)39(63)51(38(49)62)21-18-36(60)54(30(3)57)33-26-44(12,13)48-45(14,15)27-33/h31-33,46-48H,16-27H2,1-15H3. The van der Waals surface area contributed by atoms with Gasteiger partial charge in [-0.25, -0.2) is 28.1 Å². The van der Waals surface area contributed by atoms with Gasteiger partial charge in [0.2, 0.25) is 35.4 Å². The van der Waals surface area contributed by atoms with Gasteiger partial charge in [-0.2, -0.15) is 0 Å². The number of nitrogens with one attached hydrogen (secondary N) is 3. The highest BCUT2D eigenvalue weighted by Crippen LogP contribution is 2.34. The van der Waals surface area contributed by atoms with Gasteiger partial charge in [-0.3, -0.25) is 43.5 Å². The fraction of sp³-hybridized carbons (Fsp3) is 0.800. The van der Waals surface area contributed by atoms with E-state index in [1.807, 2.05) is 83.1 Å². The molecule has 354 valence electrons. The van der Waals surface area contributed by atoms with E-state index in [1.54, 1.807) is 0 Å². The van der Waals surface area contributed by atoms with Gasteiger partial charge in [0.15, 0.2) is 0 Å². The Morgan fingerprint density at radius 2 is 0.587 bits per heavy atom. The summed E-state index contributed by atoms with van der Waals surface area (Å²) < 4.78 is 2.14. The molecule has 18 nitrogen and oxygen atoms in total. The molecule has 3 aliphatic heterocycles.